The van der Waals surface area contributed by atoms with Crippen molar-refractivity contribution in [1.82, 2.24) is 0 Å². The van der Waals surface area contributed by atoms with Gasteiger partial charge in [0.2, 0.25) is 0 Å². The molecule has 0 aromatic heterocycles. The lowest BCUT2D eigenvalue weighted by Gasteiger charge is -2.37. The molecule has 0 heterocycles. The van der Waals surface area contributed by atoms with Gasteiger partial charge in [-0.15, -0.1) is 0 Å². The van der Waals surface area contributed by atoms with Crippen LogP contribution in [0.15, 0.2) is 16.6 Å². The van der Waals surface area contributed by atoms with Gasteiger partial charge >= 0.3 is 0 Å². The second kappa shape index (κ2) is 5.41. The van der Waals surface area contributed by atoms with Gasteiger partial charge in [-0.05, 0) is 65.6 Å². The van der Waals surface area contributed by atoms with Gasteiger partial charge in [0.05, 0.1) is 10.0 Å². The quantitative estimate of drug-likeness (QED) is 0.547. The molecule has 0 radical (unpaired) electrons. The van der Waals surface area contributed by atoms with E-state index in [-0.39, 0.29) is 10.8 Å². The maximum atomic E-state index is 11.8. The van der Waals surface area contributed by atoms with Crippen molar-refractivity contribution in [1.29, 1.82) is 0 Å². The van der Waals surface area contributed by atoms with Crippen molar-refractivity contribution in [2.45, 2.75) is 52.8 Å². The number of hydrogen-bond donors (Lipinski definition) is 0. The number of ketones is 1. The first kappa shape index (κ1) is 16.4. The summed E-state index contributed by atoms with van der Waals surface area (Å²) in [5.74, 6) is 0.739. The first-order chi connectivity index (χ1) is 8.45. The van der Waals surface area contributed by atoms with Crippen LogP contribution in [0.5, 0.6) is 5.75 Å². The van der Waals surface area contributed by atoms with E-state index in [1.807, 2.05) is 19.1 Å². The van der Waals surface area contributed by atoms with E-state index in [9.17, 15) is 4.79 Å². The largest absolute Gasteiger partial charge is 0.542 e. The third-order valence-corrected chi connectivity index (χ3v) is 8.65. The normalized spacial score (nSPS) is 12.4. The topological polar surface area (TPSA) is 26.3 Å². The molecule has 0 saturated heterocycles. The van der Waals surface area contributed by atoms with Crippen LogP contribution >= 0.6 is 15.9 Å². The molecule has 0 amide bonds. The summed E-state index contributed by atoms with van der Waals surface area (Å²) in [6.45, 7) is 14.5. The van der Waals surface area contributed by atoms with Gasteiger partial charge < -0.3 is 4.43 Å². The zero-order valence-electron chi connectivity index (χ0n) is 12.8. The number of Topliss-reactive ketones (excluding diaryl/α,β-unsaturated/α-hetero) is 1. The molecule has 0 N–H and O–H groups in total. The number of aryl methyl sites for hydroxylation is 1. The molecule has 4 heteroatoms. The Labute approximate surface area is 125 Å². The molecule has 0 fully saturated rings. The minimum atomic E-state index is -1.95. The minimum Gasteiger partial charge on any atom is -0.542 e. The van der Waals surface area contributed by atoms with E-state index in [4.69, 9.17) is 4.43 Å². The summed E-state index contributed by atoms with van der Waals surface area (Å²) >= 11 is 3.53. The Morgan fingerprint density at radius 3 is 2.21 bits per heavy atom. The van der Waals surface area contributed by atoms with E-state index in [1.165, 1.54) is 0 Å². The van der Waals surface area contributed by atoms with Crippen LogP contribution < -0.4 is 4.43 Å². The number of carbonyl (C=O) groups excluding carboxylic acids is 1. The van der Waals surface area contributed by atoms with Crippen molar-refractivity contribution in [2.75, 3.05) is 0 Å². The Morgan fingerprint density at radius 2 is 1.79 bits per heavy atom. The molecule has 1 rings (SSSR count). The SMILES string of the molecule is CC(=O)c1cc(C)cc(Br)c1O[Si](C)(C)C(C)(C)C. The number of halogens is 1. The van der Waals surface area contributed by atoms with E-state index in [1.54, 1.807) is 6.92 Å². The Morgan fingerprint density at radius 1 is 1.26 bits per heavy atom. The highest BCUT2D eigenvalue weighted by molar-refractivity contribution is 9.10. The Hall–Kier alpha value is -0.613. The maximum absolute atomic E-state index is 11.8. The van der Waals surface area contributed by atoms with Crippen LogP contribution in [0, 0.1) is 6.92 Å². The Kier molecular flexibility index (Phi) is 4.68. The van der Waals surface area contributed by atoms with Gasteiger partial charge in [-0.3, -0.25) is 4.79 Å². The van der Waals surface area contributed by atoms with Gasteiger partial charge in [0.25, 0.3) is 8.32 Å². The number of rotatable bonds is 3. The first-order valence-corrected chi connectivity index (χ1v) is 10.2. The average Bonchev–Trinajstić information content (AvgIpc) is 2.19. The molecule has 1 aromatic rings. The lowest BCUT2D eigenvalue weighted by atomic mass is 10.1. The number of carbonyl (C=O) groups is 1. The van der Waals surface area contributed by atoms with Crippen LogP contribution in [0.3, 0.4) is 0 Å². The maximum Gasteiger partial charge on any atom is 0.250 e. The molecule has 0 bridgehead atoms. The van der Waals surface area contributed by atoms with Gasteiger partial charge in [-0.1, -0.05) is 20.8 Å². The van der Waals surface area contributed by atoms with Crippen molar-refractivity contribution in [3.63, 3.8) is 0 Å². The summed E-state index contributed by atoms with van der Waals surface area (Å²) < 4.78 is 7.18. The van der Waals surface area contributed by atoms with Crippen molar-refractivity contribution in [3.8, 4) is 5.75 Å². The highest BCUT2D eigenvalue weighted by Crippen LogP contribution is 2.41. The van der Waals surface area contributed by atoms with E-state index < -0.39 is 8.32 Å². The molecule has 0 aliphatic carbocycles. The fraction of sp³-hybridized carbons (Fsp3) is 0.533. The third-order valence-electron chi connectivity index (χ3n) is 3.73. The lowest BCUT2D eigenvalue weighted by molar-refractivity contribution is 0.101. The number of hydrogen-bond acceptors (Lipinski definition) is 2. The molecular formula is C15H23BrO2Si. The van der Waals surface area contributed by atoms with Crippen LogP contribution in [0.4, 0.5) is 0 Å². The summed E-state index contributed by atoms with van der Waals surface area (Å²) in [6.07, 6.45) is 0. The van der Waals surface area contributed by atoms with Crippen LogP contribution in [0.25, 0.3) is 0 Å². The molecule has 0 spiro atoms. The van der Waals surface area contributed by atoms with E-state index in [2.05, 4.69) is 49.8 Å². The van der Waals surface area contributed by atoms with Crippen molar-refractivity contribution < 1.29 is 9.22 Å². The van der Waals surface area contributed by atoms with E-state index >= 15 is 0 Å². The monoisotopic (exact) mass is 342 g/mol. The van der Waals surface area contributed by atoms with Crippen LogP contribution in [-0.2, 0) is 0 Å². The lowest BCUT2D eigenvalue weighted by Crippen LogP contribution is -2.44. The fourth-order valence-corrected chi connectivity index (χ4v) is 3.34. The second-order valence-corrected chi connectivity index (χ2v) is 12.1. The molecule has 106 valence electrons. The van der Waals surface area contributed by atoms with E-state index in [0.717, 1.165) is 10.0 Å². The molecule has 2 nitrogen and oxygen atoms in total. The molecule has 0 saturated carbocycles. The Balaban J connectivity index is 3.32. The highest BCUT2D eigenvalue weighted by atomic mass is 79.9. The molecular weight excluding hydrogens is 320 g/mol. The standard InChI is InChI=1S/C15H23BrO2Si/c1-10-8-12(11(2)17)14(13(16)9-10)18-19(6,7)15(3,4)5/h8-9H,1-7H3. The van der Waals surface area contributed by atoms with Crippen molar-refractivity contribution >= 4 is 30.0 Å². The average molecular weight is 343 g/mol. The molecule has 19 heavy (non-hydrogen) atoms. The zero-order valence-corrected chi connectivity index (χ0v) is 15.4. The van der Waals surface area contributed by atoms with Gasteiger partial charge in [0.15, 0.2) is 5.78 Å². The first-order valence-electron chi connectivity index (χ1n) is 6.46. The molecule has 0 atom stereocenters. The summed E-state index contributed by atoms with van der Waals surface area (Å²) in [5, 5.41) is 0.103. The van der Waals surface area contributed by atoms with Crippen molar-refractivity contribution in [2.24, 2.45) is 0 Å². The molecule has 0 aliphatic heterocycles. The zero-order chi connectivity index (χ0) is 15.0. The minimum absolute atomic E-state index is 0.0399. The van der Waals surface area contributed by atoms with Crippen LogP contribution in [0.1, 0.15) is 43.6 Å². The third kappa shape index (κ3) is 3.69. The Bertz CT molecular complexity index is 502. The van der Waals surface area contributed by atoms with Crippen molar-refractivity contribution in [3.05, 3.63) is 27.7 Å². The fourth-order valence-electron chi connectivity index (χ4n) is 1.50. The summed E-state index contributed by atoms with van der Waals surface area (Å²) in [7, 11) is -1.95. The van der Waals surface area contributed by atoms with Gasteiger partial charge in [0.1, 0.15) is 5.75 Å². The summed E-state index contributed by atoms with van der Waals surface area (Å²) in [6, 6.07) is 3.89. The van der Waals surface area contributed by atoms with Crippen LogP contribution in [0.2, 0.25) is 18.1 Å². The van der Waals surface area contributed by atoms with Gasteiger partial charge in [-0.2, -0.15) is 0 Å². The summed E-state index contributed by atoms with van der Waals surface area (Å²) in [5.41, 5.74) is 1.72. The molecule has 0 aliphatic rings. The predicted octanol–water partition coefficient (Wildman–Crippen LogP) is 5.34. The van der Waals surface area contributed by atoms with Gasteiger partial charge in [-0.25, -0.2) is 0 Å². The second-order valence-electron chi connectivity index (χ2n) is 6.54. The smallest absolute Gasteiger partial charge is 0.250 e. The summed E-state index contributed by atoms with van der Waals surface area (Å²) in [4.78, 5) is 11.8. The predicted molar refractivity (Wildman–Crippen MR) is 86.7 cm³/mol. The van der Waals surface area contributed by atoms with Crippen LogP contribution in [-0.4, -0.2) is 14.1 Å². The number of benzene rings is 1. The van der Waals surface area contributed by atoms with E-state index in [0.29, 0.717) is 11.3 Å². The molecule has 0 unspecified atom stereocenters. The molecule has 1 aromatic carbocycles. The van der Waals surface area contributed by atoms with Gasteiger partial charge in [0, 0.05) is 0 Å². The highest BCUT2D eigenvalue weighted by Gasteiger charge is 2.40.